The van der Waals surface area contributed by atoms with E-state index in [-0.39, 0.29) is 11.9 Å². The van der Waals surface area contributed by atoms with Crippen LogP contribution in [0.25, 0.3) is 0 Å². The zero-order valence-electron chi connectivity index (χ0n) is 17.9. The quantitative estimate of drug-likeness (QED) is 0.657. The highest BCUT2D eigenvalue weighted by Crippen LogP contribution is 2.26. The fourth-order valence-electron chi connectivity index (χ4n) is 3.53. The number of rotatable bonds is 9. The molecule has 0 bridgehead atoms. The molecule has 1 amide bonds. The van der Waals surface area contributed by atoms with Gasteiger partial charge in [0.1, 0.15) is 6.04 Å². The third-order valence-electron chi connectivity index (χ3n) is 4.81. The van der Waals surface area contributed by atoms with Crippen LogP contribution in [0.3, 0.4) is 0 Å². The molecule has 0 aliphatic rings. The third kappa shape index (κ3) is 6.32. The van der Waals surface area contributed by atoms with Gasteiger partial charge in [0.15, 0.2) is 0 Å². The Balaban J connectivity index is 2.37. The average Bonchev–Trinajstić information content (AvgIpc) is 2.64. The SMILES string of the molecule is CC[C@H](C(=O)N[C@H](CC(C)C)c1ccccc1)N(c1cccc(C)c1)S(C)(=O)=O. The van der Waals surface area contributed by atoms with Crippen LogP contribution in [0.4, 0.5) is 5.69 Å². The maximum Gasteiger partial charge on any atom is 0.244 e. The van der Waals surface area contributed by atoms with Gasteiger partial charge in [-0.1, -0.05) is 63.2 Å². The summed E-state index contributed by atoms with van der Waals surface area (Å²) in [7, 11) is -3.64. The largest absolute Gasteiger partial charge is 0.347 e. The summed E-state index contributed by atoms with van der Waals surface area (Å²) in [6, 6.07) is 16.1. The number of nitrogens with zero attached hydrogens (tertiary/aromatic N) is 1. The summed E-state index contributed by atoms with van der Waals surface area (Å²) in [4.78, 5) is 13.3. The van der Waals surface area contributed by atoms with Gasteiger partial charge in [-0.05, 0) is 48.9 Å². The molecule has 2 atom stereocenters. The van der Waals surface area contributed by atoms with Gasteiger partial charge in [0.05, 0.1) is 18.0 Å². The number of sulfonamides is 1. The number of hydrogen-bond donors (Lipinski definition) is 1. The summed E-state index contributed by atoms with van der Waals surface area (Å²) < 4.78 is 26.5. The molecule has 6 heteroatoms. The van der Waals surface area contributed by atoms with Gasteiger partial charge in [0, 0.05) is 0 Å². The second-order valence-electron chi connectivity index (χ2n) is 7.92. The standard InChI is InChI=1S/C23H32N2O3S/c1-6-22(25(29(5,27)28)20-14-10-11-18(4)16-20)23(26)24-21(15-17(2)3)19-12-8-7-9-13-19/h7-14,16-17,21-22H,6,15H2,1-5H3,(H,24,26)/t21-,22-/m1/s1. The Labute approximate surface area is 175 Å². The van der Waals surface area contributed by atoms with Gasteiger partial charge in [0.2, 0.25) is 15.9 Å². The van der Waals surface area contributed by atoms with Gasteiger partial charge in [0.25, 0.3) is 0 Å². The number of anilines is 1. The lowest BCUT2D eigenvalue weighted by Crippen LogP contribution is -2.50. The molecule has 0 radical (unpaired) electrons. The Bertz CT molecular complexity index is 911. The average molecular weight is 417 g/mol. The van der Waals surface area contributed by atoms with Crippen molar-refractivity contribution in [3.05, 3.63) is 65.7 Å². The van der Waals surface area contributed by atoms with E-state index in [0.717, 1.165) is 23.8 Å². The Morgan fingerprint density at radius 3 is 2.24 bits per heavy atom. The monoisotopic (exact) mass is 416 g/mol. The first kappa shape index (κ1) is 22.9. The van der Waals surface area contributed by atoms with Crippen LogP contribution in [0, 0.1) is 12.8 Å². The summed E-state index contributed by atoms with van der Waals surface area (Å²) in [5.41, 5.74) is 2.47. The highest BCUT2D eigenvalue weighted by Gasteiger charge is 2.32. The van der Waals surface area contributed by atoms with Gasteiger partial charge in [-0.3, -0.25) is 9.10 Å². The lowest BCUT2D eigenvalue weighted by molar-refractivity contribution is -0.123. The Kier molecular flexibility index (Phi) is 7.85. The van der Waals surface area contributed by atoms with E-state index in [1.807, 2.05) is 50.2 Å². The molecule has 158 valence electrons. The van der Waals surface area contributed by atoms with Gasteiger partial charge in [-0.25, -0.2) is 8.42 Å². The first-order valence-electron chi connectivity index (χ1n) is 10.0. The number of nitrogens with one attached hydrogen (secondary N) is 1. The second-order valence-corrected chi connectivity index (χ2v) is 9.78. The highest BCUT2D eigenvalue weighted by atomic mass is 32.2. The molecule has 0 saturated heterocycles. The zero-order chi connectivity index (χ0) is 21.6. The minimum Gasteiger partial charge on any atom is -0.347 e. The van der Waals surface area contributed by atoms with Crippen LogP contribution >= 0.6 is 0 Å². The molecule has 29 heavy (non-hydrogen) atoms. The fraction of sp³-hybridized carbons (Fsp3) is 0.435. The normalized spacial score (nSPS) is 13.7. The number of benzene rings is 2. The molecule has 0 aliphatic heterocycles. The maximum atomic E-state index is 13.3. The Hall–Kier alpha value is -2.34. The molecule has 0 spiro atoms. The number of hydrogen-bond acceptors (Lipinski definition) is 3. The van der Waals surface area contributed by atoms with Crippen molar-refractivity contribution in [3.63, 3.8) is 0 Å². The van der Waals surface area contributed by atoms with Crippen LogP contribution in [-0.4, -0.2) is 26.6 Å². The van der Waals surface area contributed by atoms with Crippen molar-refractivity contribution in [2.75, 3.05) is 10.6 Å². The summed E-state index contributed by atoms with van der Waals surface area (Å²) in [5, 5.41) is 3.11. The van der Waals surface area contributed by atoms with E-state index in [0.29, 0.717) is 18.0 Å². The molecule has 5 nitrogen and oxygen atoms in total. The van der Waals surface area contributed by atoms with Crippen molar-refractivity contribution in [2.24, 2.45) is 5.92 Å². The highest BCUT2D eigenvalue weighted by molar-refractivity contribution is 7.92. The van der Waals surface area contributed by atoms with Gasteiger partial charge in [-0.15, -0.1) is 0 Å². The zero-order valence-corrected chi connectivity index (χ0v) is 18.7. The molecule has 1 N–H and O–H groups in total. The van der Waals surface area contributed by atoms with E-state index in [9.17, 15) is 13.2 Å². The summed E-state index contributed by atoms with van der Waals surface area (Å²) in [6.45, 7) is 7.95. The van der Waals surface area contributed by atoms with Crippen LogP contribution in [0.15, 0.2) is 54.6 Å². The molecule has 0 heterocycles. The minimum absolute atomic E-state index is 0.170. The van der Waals surface area contributed by atoms with Crippen LogP contribution < -0.4 is 9.62 Å². The van der Waals surface area contributed by atoms with Crippen LogP contribution in [0.1, 0.15) is 50.8 Å². The number of amides is 1. The summed E-state index contributed by atoms with van der Waals surface area (Å²) in [5.74, 6) is 0.0947. The Morgan fingerprint density at radius 1 is 1.07 bits per heavy atom. The van der Waals surface area contributed by atoms with E-state index in [2.05, 4.69) is 19.2 Å². The molecule has 2 aromatic carbocycles. The van der Waals surface area contributed by atoms with E-state index in [1.165, 1.54) is 4.31 Å². The third-order valence-corrected chi connectivity index (χ3v) is 5.99. The molecule has 2 rings (SSSR count). The van der Waals surface area contributed by atoms with Crippen molar-refractivity contribution >= 4 is 21.6 Å². The molecule has 0 saturated carbocycles. The molecule has 0 fully saturated rings. The molecule has 0 aromatic heterocycles. The first-order chi connectivity index (χ1) is 13.6. The van der Waals surface area contributed by atoms with Crippen LogP contribution in [-0.2, 0) is 14.8 Å². The second kappa shape index (κ2) is 9.92. The van der Waals surface area contributed by atoms with Crippen LogP contribution in [0.2, 0.25) is 0 Å². The first-order valence-corrected chi connectivity index (χ1v) is 11.9. The topological polar surface area (TPSA) is 66.5 Å². The molecular formula is C23H32N2O3S. The van der Waals surface area contributed by atoms with Gasteiger partial charge < -0.3 is 5.32 Å². The van der Waals surface area contributed by atoms with Gasteiger partial charge in [-0.2, -0.15) is 0 Å². The van der Waals surface area contributed by atoms with Crippen molar-refractivity contribution < 1.29 is 13.2 Å². The molecular weight excluding hydrogens is 384 g/mol. The smallest absolute Gasteiger partial charge is 0.244 e. The predicted molar refractivity (Wildman–Crippen MR) is 119 cm³/mol. The van der Waals surface area contributed by atoms with Crippen molar-refractivity contribution in [1.29, 1.82) is 0 Å². The summed E-state index contributed by atoms with van der Waals surface area (Å²) in [6.07, 6.45) is 2.29. The van der Waals surface area contributed by atoms with Crippen LogP contribution in [0.5, 0.6) is 0 Å². The van der Waals surface area contributed by atoms with Crippen molar-refractivity contribution in [2.45, 2.75) is 52.6 Å². The molecule has 0 aliphatic carbocycles. The lowest BCUT2D eigenvalue weighted by atomic mass is 9.96. The van der Waals surface area contributed by atoms with Gasteiger partial charge >= 0.3 is 0 Å². The van der Waals surface area contributed by atoms with E-state index in [1.54, 1.807) is 18.2 Å². The van der Waals surface area contributed by atoms with Crippen molar-refractivity contribution in [3.8, 4) is 0 Å². The molecule has 2 aromatic rings. The fourth-order valence-corrected chi connectivity index (χ4v) is 4.73. The minimum atomic E-state index is -3.64. The van der Waals surface area contributed by atoms with E-state index < -0.39 is 16.1 Å². The van der Waals surface area contributed by atoms with E-state index >= 15 is 0 Å². The molecule has 0 unspecified atom stereocenters. The van der Waals surface area contributed by atoms with Crippen molar-refractivity contribution in [1.82, 2.24) is 5.32 Å². The maximum absolute atomic E-state index is 13.3. The number of carbonyl (C=O) groups excluding carboxylic acids is 1. The van der Waals surface area contributed by atoms with E-state index in [4.69, 9.17) is 0 Å². The number of aryl methyl sites for hydroxylation is 1. The number of carbonyl (C=O) groups is 1. The lowest BCUT2D eigenvalue weighted by Gasteiger charge is -2.32. The predicted octanol–water partition coefficient (Wildman–Crippen LogP) is 4.44. The summed E-state index contributed by atoms with van der Waals surface area (Å²) >= 11 is 0. The Morgan fingerprint density at radius 2 is 1.72 bits per heavy atom.